The molecule has 0 spiro atoms. The molecule has 5 heteroatoms. The van der Waals surface area contributed by atoms with Crippen LogP contribution < -0.4 is 4.74 Å². The number of rotatable bonds is 5. The van der Waals surface area contributed by atoms with Crippen molar-refractivity contribution < 1.29 is 17.9 Å². The van der Waals surface area contributed by atoms with Crippen molar-refractivity contribution in [1.82, 2.24) is 0 Å². The third kappa shape index (κ3) is 4.67. The first-order valence-electron chi connectivity index (χ1n) is 6.43. The van der Waals surface area contributed by atoms with E-state index in [0.29, 0.717) is 30.2 Å². The normalized spacial score (nSPS) is 11.4. The Bertz CT molecular complexity index is 579. The molecule has 0 bridgehead atoms. The highest BCUT2D eigenvalue weighted by atomic mass is 35.5. The fourth-order valence-corrected chi connectivity index (χ4v) is 2.04. The number of benzene rings is 2. The summed E-state index contributed by atoms with van der Waals surface area (Å²) >= 11 is 5.68. The average Bonchev–Trinajstić information content (AvgIpc) is 2.47. The van der Waals surface area contributed by atoms with Crippen LogP contribution in [-0.4, -0.2) is 6.61 Å². The highest BCUT2D eigenvalue weighted by Gasteiger charge is 2.30. The lowest BCUT2D eigenvalue weighted by atomic mass is 10.1. The molecular weight excluding hydrogens is 301 g/mol. The van der Waals surface area contributed by atoms with E-state index in [9.17, 15) is 13.2 Å². The molecule has 0 aliphatic carbocycles. The third-order valence-corrected chi connectivity index (χ3v) is 3.30. The fourth-order valence-electron chi connectivity index (χ4n) is 1.86. The molecule has 0 aliphatic rings. The van der Waals surface area contributed by atoms with Crippen molar-refractivity contribution in [2.24, 2.45) is 0 Å². The van der Waals surface area contributed by atoms with Crippen LogP contribution in [0.2, 0.25) is 0 Å². The second-order valence-corrected chi connectivity index (χ2v) is 4.84. The summed E-state index contributed by atoms with van der Waals surface area (Å²) in [6.45, 7) is 0.321. The Morgan fingerprint density at radius 1 is 0.952 bits per heavy atom. The summed E-state index contributed by atoms with van der Waals surface area (Å²) in [7, 11) is 0. The quantitative estimate of drug-likeness (QED) is 0.700. The smallest absolute Gasteiger partial charge is 0.416 e. The van der Waals surface area contributed by atoms with Crippen molar-refractivity contribution in [3.8, 4) is 5.75 Å². The van der Waals surface area contributed by atoms with Crippen LogP contribution in [0.3, 0.4) is 0 Å². The SMILES string of the molecule is FC(F)(F)c1cccc(CCOc2ccc(CCl)cc2)c1. The van der Waals surface area contributed by atoms with Gasteiger partial charge in [0.05, 0.1) is 12.2 Å². The molecule has 2 rings (SSSR count). The summed E-state index contributed by atoms with van der Waals surface area (Å²) in [5, 5.41) is 0. The largest absolute Gasteiger partial charge is 0.493 e. The van der Waals surface area contributed by atoms with Gasteiger partial charge >= 0.3 is 6.18 Å². The number of hydrogen-bond acceptors (Lipinski definition) is 1. The predicted octanol–water partition coefficient (Wildman–Crippen LogP) is 5.07. The van der Waals surface area contributed by atoms with E-state index < -0.39 is 11.7 Å². The van der Waals surface area contributed by atoms with Crippen LogP contribution in [0, 0.1) is 0 Å². The lowest BCUT2D eigenvalue weighted by Crippen LogP contribution is -2.07. The van der Waals surface area contributed by atoms with Crippen LogP contribution in [0.5, 0.6) is 5.75 Å². The van der Waals surface area contributed by atoms with E-state index in [0.717, 1.165) is 17.7 Å². The molecule has 0 N–H and O–H groups in total. The topological polar surface area (TPSA) is 9.23 Å². The van der Waals surface area contributed by atoms with Gasteiger partial charge in [-0.15, -0.1) is 11.6 Å². The Kier molecular flexibility index (Phi) is 5.12. The molecule has 0 saturated carbocycles. The van der Waals surface area contributed by atoms with E-state index in [1.807, 2.05) is 12.1 Å². The predicted molar refractivity (Wildman–Crippen MR) is 76.6 cm³/mol. The fraction of sp³-hybridized carbons (Fsp3) is 0.250. The van der Waals surface area contributed by atoms with Crippen molar-refractivity contribution in [3.05, 3.63) is 65.2 Å². The van der Waals surface area contributed by atoms with Gasteiger partial charge in [-0.25, -0.2) is 0 Å². The van der Waals surface area contributed by atoms with Crippen molar-refractivity contribution in [3.63, 3.8) is 0 Å². The van der Waals surface area contributed by atoms with Crippen molar-refractivity contribution in [1.29, 1.82) is 0 Å². The van der Waals surface area contributed by atoms with Gasteiger partial charge in [0.1, 0.15) is 5.75 Å². The Morgan fingerprint density at radius 2 is 1.67 bits per heavy atom. The standard InChI is InChI=1S/C16H14ClF3O/c17-11-13-4-6-15(7-5-13)21-9-8-12-2-1-3-14(10-12)16(18,19)20/h1-7,10H,8-9,11H2. The summed E-state index contributed by atoms with van der Waals surface area (Å²) in [6.07, 6.45) is -3.89. The first-order chi connectivity index (χ1) is 9.99. The molecule has 21 heavy (non-hydrogen) atoms. The summed E-state index contributed by atoms with van der Waals surface area (Å²) in [5.41, 5.74) is 0.954. The second kappa shape index (κ2) is 6.85. The summed E-state index contributed by atoms with van der Waals surface area (Å²) in [6, 6.07) is 12.6. The van der Waals surface area contributed by atoms with Crippen molar-refractivity contribution in [2.45, 2.75) is 18.5 Å². The number of alkyl halides is 4. The van der Waals surface area contributed by atoms with Gasteiger partial charge in [0.25, 0.3) is 0 Å². The molecule has 0 radical (unpaired) electrons. The van der Waals surface area contributed by atoms with Gasteiger partial charge in [-0.1, -0.05) is 30.3 Å². The first kappa shape index (κ1) is 15.7. The zero-order valence-corrected chi connectivity index (χ0v) is 11.9. The molecule has 2 aromatic carbocycles. The molecule has 0 unspecified atom stereocenters. The van der Waals surface area contributed by atoms with Crippen LogP contribution in [-0.2, 0) is 18.5 Å². The van der Waals surface area contributed by atoms with E-state index in [1.54, 1.807) is 18.2 Å². The van der Waals surface area contributed by atoms with Crippen molar-refractivity contribution in [2.75, 3.05) is 6.61 Å². The van der Waals surface area contributed by atoms with Crippen LogP contribution >= 0.6 is 11.6 Å². The highest BCUT2D eigenvalue weighted by molar-refractivity contribution is 6.17. The van der Waals surface area contributed by atoms with Crippen molar-refractivity contribution >= 4 is 11.6 Å². The lowest BCUT2D eigenvalue weighted by Gasteiger charge is -2.10. The minimum absolute atomic E-state index is 0.321. The van der Waals surface area contributed by atoms with E-state index >= 15 is 0 Å². The average molecular weight is 315 g/mol. The van der Waals surface area contributed by atoms with Gasteiger partial charge in [0, 0.05) is 12.3 Å². The Balaban J connectivity index is 1.91. The molecule has 0 heterocycles. The molecule has 0 amide bonds. The second-order valence-electron chi connectivity index (χ2n) is 4.57. The van der Waals surface area contributed by atoms with E-state index in [1.165, 1.54) is 6.07 Å². The minimum atomic E-state index is -4.31. The lowest BCUT2D eigenvalue weighted by molar-refractivity contribution is -0.137. The Morgan fingerprint density at radius 3 is 2.29 bits per heavy atom. The van der Waals surface area contributed by atoms with E-state index in [4.69, 9.17) is 16.3 Å². The van der Waals surface area contributed by atoms with Gasteiger partial charge in [-0.05, 0) is 29.3 Å². The molecule has 0 saturated heterocycles. The zero-order valence-electron chi connectivity index (χ0n) is 11.2. The first-order valence-corrected chi connectivity index (χ1v) is 6.96. The molecule has 0 atom stereocenters. The number of hydrogen-bond donors (Lipinski definition) is 0. The Hall–Kier alpha value is -1.68. The molecular formula is C16H14ClF3O. The van der Waals surface area contributed by atoms with Crippen LogP contribution in [0.25, 0.3) is 0 Å². The van der Waals surface area contributed by atoms with Gasteiger partial charge in [-0.3, -0.25) is 0 Å². The zero-order chi connectivity index (χ0) is 15.3. The molecule has 1 nitrogen and oxygen atoms in total. The maximum absolute atomic E-state index is 12.6. The number of halogens is 4. The van der Waals surface area contributed by atoms with Gasteiger partial charge in [0.2, 0.25) is 0 Å². The van der Waals surface area contributed by atoms with Gasteiger partial charge in [0.15, 0.2) is 0 Å². The van der Waals surface area contributed by atoms with Gasteiger partial charge in [-0.2, -0.15) is 13.2 Å². The van der Waals surface area contributed by atoms with Crippen LogP contribution in [0.4, 0.5) is 13.2 Å². The van der Waals surface area contributed by atoms with Crippen LogP contribution in [0.1, 0.15) is 16.7 Å². The molecule has 0 fully saturated rings. The minimum Gasteiger partial charge on any atom is -0.493 e. The van der Waals surface area contributed by atoms with Crippen LogP contribution in [0.15, 0.2) is 48.5 Å². The molecule has 0 aliphatic heterocycles. The maximum atomic E-state index is 12.6. The maximum Gasteiger partial charge on any atom is 0.416 e. The highest BCUT2D eigenvalue weighted by Crippen LogP contribution is 2.29. The molecule has 0 aromatic heterocycles. The summed E-state index contributed by atoms with van der Waals surface area (Å²) < 4.78 is 43.3. The van der Waals surface area contributed by atoms with E-state index in [-0.39, 0.29) is 0 Å². The summed E-state index contributed by atoms with van der Waals surface area (Å²) in [4.78, 5) is 0. The number of ether oxygens (including phenoxy) is 1. The summed E-state index contributed by atoms with van der Waals surface area (Å²) in [5.74, 6) is 1.11. The van der Waals surface area contributed by atoms with Gasteiger partial charge < -0.3 is 4.74 Å². The molecule has 2 aromatic rings. The molecule has 112 valence electrons. The monoisotopic (exact) mass is 314 g/mol. The third-order valence-electron chi connectivity index (χ3n) is 2.99. The Labute approximate surface area is 126 Å². The van der Waals surface area contributed by atoms with E-state index in [2.05, 4.69) is 0 Å².